The molecule has 0 N–H and O–H groups in total. The van der Waals surface area contributed by atoms with Gasteiger partial charge in [-0.1, -0.05) is 18.2 Å². The standard InChI is InChI=1S/C17H13NO5S/c1-2-21-17(20)22-12-7-5-11(6-8-12)10-13-16(19)23-15(18-13)14-4-3-9-24-14/h3-10H,2H2,1H3. The summed E-state index contributed by atoms with van der Waals surface area (Å²) >= 11 is 1.45. The highest BCUT2D eigenvalue weighted by Crippen LogP contribution is 2.22. The van der Waals surface area contributed by atoms with Gasteiger partial charge >= 0.3 is 12.1 Å². The van der Waals surface area contributed by atoms with Gasteiger partial charge in [0, 0.05) is 0 Å². The van der Waals surface area contributed by atoms with Gasteiger partial charge in [-0.2, -0.15) is 0 Å². The molecule has 0 atom stereocenters. The van der Waals surface area contributed by atoms with Crippen molar-refractivity contribution in [3.8, 4) is 5.75 Å². The van der Waals surface area contributed by atoms with Crippen molar-refractivity contribution < 1.29 is 23.8 Å². The molecule has 0 radical (unpaired) electrons. The van der Waals surface area contributed by atoms with Gasteiger partial charge in [-0.25, -0.2) is 14.6 Å². The number of hydrogen-bond donors (Lipinski definition) is 0. The maximum absolute atomic E-state index is 11.9. The molecule has 1 aromatic carbocycles. The highest BCUT2D eigenvalue weighted by atomic mass is 32.1. The number of aliphatic imine (C=N–C) groups is 1. The van der Waals surface area contributed by atoms with E-state index in [4.69, 9.17) is 14.2 Å². The molecular formula is C17H13NO5S. The fraction of sp³-hybridized carbons (Fsp3) is 0.118. The molecule has 2 heterocycles. The van der Waals surface area contributed by atoms with Crippen LogP contribution in [0.4, 0.5) is 4.79 Å². The van der Waals surface area contributed by atoms with E-state index < -0.39 is 12.1 Å². The molecule has 0 spiro atoms. The molecule has 3 rings (SSSR count). The maximum Gasteiger partial charge on any atom is 0.513 e. The quantitative estimate of drug-likeness (QED) is 0.481. The van der Waals surface area contributed by atoms with Crippen molar-refractivity contribution in [2.24, 2.45) is 4.99 Å². The zero-order valence-electron chi connectivity index (χ0n) is 12.7. The Morgan fingerprint density at radius 1 is 1.29 bits per heavy atom. The molecule has 1 aromatic heterocycles. The molecule has 2 aromatic rings. The van der Waals surface area contributed by atoms with Gasteiger partial charge in [-0.05, 0) is 42.1 Å². The molecule has 0 saturated heterocycles. The Balaban J connectivity index is 1.74. The lowest BCUT2D eigenvalue weighted by molar-refractivity contribution is -0.129. The average Bonchev–Trinajstić information content (AvgIpc) is 3.20. The Morgan fingerprint density at radius 3 is 2.75 bits per heavy atom. The lowest BCUT2D eigenvalue weighted by Gasteiger charge is -2.03. The van der Waals surface area contributed by atoms with Gasteiger partial charge in [-0.3, -0.25) is 0 Å². The van der Waals surface area contributed by atoms with E-state index in [0.717, 1.165) is 10.4 Å². The van der Waals surface area contributed by atoms with Crippen molar-refractivity contribution in [1.29, 1.82) is 0 Å². The maximum atomic E-state index is 11.9. The second-order valence-corrected chi connectivity index (χ2v) is 5.62. The van der Waals surface area contributed by atoms with E-state index in [-0.39, 0.29) is 12.3 Å². The number of ether oxygens (including phenoxy) is 3. The first kappa shape index (κ1) is 15.9. The van der Waals surface area contributed by atoms with Crippen LogP contribution in [-0.2, 0) is 14.3 Å². The minimum atomic E-state index is -0.756. The van der Waals surface area contributed by atoms with Crippen molar-refractivity contribution >= 4 is 35.4 Å². The molecule has 0 saturated carbocycles. The molecule has 0 unspecified atom stereocenters. The Morgan fingerprint density at radius 2 is 2.08 bits per heavy atom. The van der Waals surface area contributed by atoms with Gasteiger partial charge in [0.25, 0.3) is 0 Å². The third kappa shape index (κ3) is 3.69. The molecule has 0 bridgehead atoms. The molecule has 0 amide bonds. The van der Waals surface area contributed by atoms with Gasteiger partial charge in [0.2, 0.25) is 5.90 Å². The van der Waals surface area contributed by atoms with Crippen molar-refractivity contribution in [2.75, 3.05) is 6.61 Å². The molecule has 0 fully saturated rings. The highest BCUT2D eigenvalue weighted by Gasteiger charge is 2.24. The van der Waals surface area contributed by atoms with Crippen LogP contribution in [0, 0.1) is 0 Å². The predicted molar refractivity (Wildman–Crippen MR) is 89.0 cm³/mol. The number of nitrogens with zero attached hydrogens (tertiary/aromatic N) is 1. The van der Waals surface area contributed by atoms with Crippen molar-refractivity contribution in [1.82, 2.24) is 0 Å². The van der Waals surface area contributed by atoms with Crippen LogP contribution in [0.3, 0.4) is 0 Å². The number of hydrogen-bond acceptors (Lipinski definition) is 7. The normalized spacial score (nSPS) is 15.1. The summed E-state index contributed by atoms with van der Waals surface area (Å²) in [6.07, 6.45) is 0.852. The largest absolute Gasteiger partial charge is 0.513 e. The molecule has 24 heavy (non-hydrogen) atoms. The van der Waals surface area contributed by atoms with Crippen LogP contribution >= 0.6 is 11.3 Å². The Labute approximate surface area is 142 Å². The lowest BCUT2D eigenvalue weighted by atomic mass is 10.2. The summed E-state index contributed by atoms with van der Waals surface area (Å²) in [5.74, 6) is 0.168. The van der Waals surface area contributed by atoms with Crippen LogP contribution in [0.1, 0.15) is 17.4 Å². The summed E-state index contributed by atoms with van der Waals surface area (Å²) in [7, 11) is 0. The van der Waals surface area contributed by atoms with E-state index >= 15 is 0 Å². The third-order valence-electron chi connectivity index (χ3n) is 3.00. The Hall–Kier alpha value is -2.93. The number of benzene rings is 1. The zero-order chi connectivity index (χ0) is 16.9. The Kier molecular flexibility index (Phi) is 4.72. The highest BCUT2D eigenvalue weighted by molar-refractivity contribution is 7.12. The van der Waals surface area contributed by atoms with Crippen LogP contribution in [0.2, 0.25) is 0 Å². The number of cyclic esters (lactones) is 1. The predicted octanol–water partition coefficient (Wildman–Crippen LogP) is 3.63. The Bertz CT molecular complexity index is 806. The van der Waals surface area contributed by atoms with E-state index in [2.05, 4.69) is 4.99 Å². The zero-order valence-corrected chi connectivity index (χ0v) is 13.5. The second kappa shape index (κ2) is 7.10. The molecule has 122 valence electrons. The smallest absolute Gasteiger partial charge is 0.434 e. The minimum absolute atomic E-state index is 0.220. The fourth-order valence-electron chi connectivity index (χ4n) is 1.95. The third-order valence-corrected chi connectivity index (χ3v) is 3.86. The molecule has 1 aliphatic rings. The summed E-state index contributed by atoms with van der Waals surface area (Å²) in [5.41, 5.74) is 0.951. The van der Waals surface area contributed by atoms with E-state index in [1.54, 1.807) is 37.3 Å². The first-order valence-corrected chi connectivity index (χ1v) is 8.05. The van der Waals surface area contributed by atoms with Crippen LogP contribution in [0.5, 0.6) is 5.75 Å². The summed E-state index contributed by atoms with van der Waals surface area (Å²) in [4.78, 5) is 28.1. The van der Waals surface area contributed by atoms with E-state index in [1.165, 1.54) is 11.3 Å². The molecule has 1 aliphatic heterocycles. The monoisotopic (exact) mass is 343 g/mol. The van der Waals surface area contributed by atoms with Gasteiger partial charge in [0.1, 0.15) is 5.75 Å². The van der Waals surface area contributed by atoms with Gasteiger partial charge in [0.05, 0.1) is 11.5 Å². The van der Waals surface area contributed by atoms with Crippen molar-refractivity contribution in [3.63, 3.8) is 0 Å². The number of thiophene rings is 1. The molecule has 6 nitrogen and oxygen atoms in total. The lowest BCUT2D eigenvalue weighted by Crippen LogP contribution is -2.09. The number of carbonyl (C=O) groups is 2. The van der Waals surface area contributed by atoms with Gasteiger partial charge in [-0.15, -0.1) is 11.3 Å². The second-order valence-electron chi connectivity index (χ2n) is 4.67. The topological polar surface area (TPSA) is 74.2 Å². The van der Waals surface area contributed by atoms with E-state index in [9.17, 15) is 9.59 Å². The van der Waals surface area contributed by atoms with E-state index in [0.29, 0.717) is 11.6 Å². The molecular weight excluding hydrogens is 330 g/mol. The van der Waals surface area contributed by atoms with Crippen LogP contribution in [0.25, 0.3) is 6.08 Å². The van der Waals surface area contributed by atoms with Crippen LogP contribution in [-0.4, -0.2) is 24.6 Å². The molecule has 0 aliphatic carbocycles. The average molecular weight is 343 g/mol. The SMILES string of the molecule is CCOC(=O)Oc1ccc(C=C2N=C(c3cccs3)OC2=O)cc1. The van der Waals surface area contributed by atoms with Crippen molar-refractivity contribution in [3.05, 3.63) is 57.9 Å². The minimum Gasteiger partial charge on any atom is -0.434 e. The van der Waals surface area contributed by atoms with E-state index in [1.807, 2.05) is 17.5 Å². The van der Waals surface area contributed by atoms with Crippen LogP contribution in [0.15, 0.2) is 52.5 Å². The van der Waals surface area contributed by atoms with Crippen LogP contribution < -0.4 is 4.74 Å². The summed E-state index contributed by atoms with van der Waals surface area (Å²) in [5, 5.41) is 1.88. The number of esters is 1. The van der Waals surface area contributed by atoms with Crippen molar-refractivity contribution in [2.45, 2.75) is 6.92 Å². The number of carbonyl (C=O) groups excluding carboxylic acids is 2. The first-order chi connectivity index (χ1) is 11.7. The summed E-state index contributed by atoms with van der Waals surface area (Å²) in [6.45, 7) is 1.94. The number of rotatable bonds is 4. The summed E-state index contributed by atoms with van der Waals surface area (Å²) < 4.78 is 14.8. The summed E-state index contributed by atoms with van der Waals surface area (Å²) in [6, 6.07) is 10.3. The van der Waals surface area contributed by atoms with Gasteiger partial charge < -0.3 is 14.2 Å². The molecule has 7 heteroatoms. The first-order valence-electron chi connectivity index (χ1n) is 7.17. The fourth-order valence-corrected chi connectivity index (χ4v) is 2.60. The van der Waals surface area contributed by atoms with Gasteiger partial charge in [0.15, 0.2) is 5.70 Å².